The van der Waals surface area contributed by atoms with E-state index in [1.165, 1.54) is 24.3 Å². The van der Waals surface area contributed by atoms with Gasteiger partial charge in [0.1, 0.15) is 0 Å². The number of unbranched alkanes of at least 4 members (excludes halogenated alkanes) is 3. The highest BCUT2D eigenvalue weighted by atomic mass is 16.5. The van der Waals surface area contributed by atoms with Crippen molar-refractivity contribution in [1.29, 1.82) is 0 Å². The van der Waals surface area contributed by atoms with Gasteiger partial charge in [-0.1, -0.05) is 51.3 Å². The fourth-order valence-corrected chi connectivity index (χ4v) is 1.89. The SMILES string of the molecule is CCCCC=C(C)C(=O)OCCCC.O=C(O)c1ccccc1C(=O)O. The van der Waals surface area contributed by atoms with Gasteiger partial charge in [0.25, 0.3) is 0 Å². The van der Waals surface area contributed by atoms with E-state index in [1.54, 1.807) is 0 Å². The summed E-state index contributed by atoms with van der Waals surface area (Å²) in [4.78, 5) is 32.2. The molecule has 6 nitrogen and oxygen atoms in total. The molecule has 144 valence electrons. The van der Waals surface area contributed by atoms with Gasteiger partial charge in [-0.05, 0) is 31.9 Å². The van der Waals surface area contributed by atoms with Gasteiger partial charge in [0, 0.05) is 5.57 Å². The van der Waals surface area contributed by atoms with E-state index in [2.05, 4.69) is 13.8 Å². The summed E-state index contributed by atoms with van der Waals surface area (Å²) in [6, 6.07) is 5.48. The molecule has 0 radical (unpaired) electrons. The molecule has 1 rings (SSSR count). The molecule has 0 aromatic heterocycles. The monoisotopic (exact) mass is 364 g/mol. The number of benzene rings is 1. The normalized spacial score (nSPS) is 10.5. The van der Waals surface area contributed by atoms with Gasteiger partial charge < -0.3 is 14.9 Å². The van der Waals surface area contributed by atoms with Crippen molar-refractivity contribution in [2.75, 3.05) is 6.61 Å². The van der Waals surface area contributed by atoms with E-state index in [-0.39, 0.29) is 17.1 Å². The third kappa shape index (κ3) is 9.61. The third-order valence-corrected chi connectivity index (χ3v) is 3.45. The van der Waals surface area contributed by atoms with Gasteiger partial charge in [0.15, 0.2) is 0 Å². The Labute approximate surface area is 154 Å². The molecule has 1 aromatic rings. The van der Waals surface area contributed by atoms with Gasteiger partial charge in [-0.2, -0.15) is 0 Å². The van der Waals surface area contributed by atoms with Crippen LogP contribution in [0.1, 0.15) is 73.6 Å². The Kier molecular flexibility index (Phi) is 12.3. The summed E-state index contributed by atoms with van der Waals surface area (Å²) in [6.07, 6.45) is 7.26. The molecule has 0 heterocycles. The fourth-order valence-electron chi connectivity index (χ4n) is 1.89. The number of rotatable bonds is 9. The summed E-state index contributed by atoms with van der Waals surface area (Å²) >= 11 is 0. The number of allylic oxidation sites excluding steroid dienone is 1. The third-order valence-electron chi connectivity index (χ3n) is 3.45. The fraction of sp³-hybridized carbons (Fsp3) is 0.450. The molecular formula is C20H28O6. The van der Waals surface area contributed by atoms with Crippen molar-refractivity contribution in [3.05, 3.63) is 47.0 Å². The smallest absolute Gasteiger partial charge is 0.336 e. The Morgan fingerprint density at radius 1 is 0.962 bits per heavy atom. The molecule has 0 amide bonds. The maximum absolute atomic E-state index is 11.3. The van der Waals surface area contributed by atoms with Crippen molar-refractivity contribution >= 4 is 17.9 Å². The van der Waals surface area contributed by atoms with Crippen LogP contribution in [-0.4, -0.2) is 34.7 Å². The lowest BCUT2D eigenvalue weighted by molar-refractivity contribution is -0.139. The molecule has 0 saturated heterocycles. The summed E-state index contributed by atoms with van der Waals surface area (Å²) in [5, 5.41) is 17.1. The predicted octanol–water partition coefficient (Wildman–Crippen LogP) is 4.55. The van der Waals surface area contributed by atoms with Crippen LogP contribution in [0.15, 0.2) is 35.9 Å². The van der Waals surface area contributed by atoms with Gasteiger partial charge in [-0.25, -0.2) is 14.4 Å². The minimum Gasteiger partial charge on any atom is -0.478 e. The number of esters is 1. The topological polar surface area (TPSA) is 101 Å². The first-order valence-corrected chi connectivity index (χ1v) is 8.74. The largest absolute Gasteiger partial charge is 0.478 e. The van der Waals surface area contributed by atoms with E-state index in [0.717, 1.165) is 37.7 Å². The van der Waals surface area contributed by atoms with Crippen LogP contribution in [0.4, 0.5) is 0 Å². The van der Waals surface area contributed by atoms with Gasteiger partial charge in [0.05, 0.1) is 17.7 Å². The van der Waals surface area contributed by atoms with Crippen LogP contribution >= 0.6 is 0 Å². The second-order valence-electron chi connectivity index (χ2n) is 5.67. The molecule has 0 bridgehead atoms. The maximum atomic E-state index is 11.3. The number of hydrogen-bond acceptors (Lipinski definition) is 4. The van der Waals surface area contributed by atoms with Crippen LogP contribution < -0.4 is 0 Å². The van der Waals surface area contributed by atoms with Gasteiger partial charge in [0.2, 0.25) is 0 Å². The number of carbonyl (C=O) groups is 3. The lowest BCUT2D eigenvalue weighted by Gasteiger charge is -2.03. The Morgan fingerprint density at radius 2 is 1.46 bits per heavy atom. The Bertz CT molecular complexity index is 585. The number of carboxylic acids is 2. The molecule has 0 saturated carbocycles. The van der Waals surface area contributed by atoms with Crippen LogP contribution in [0.3, 0.4) is 0 Å². The highest BCUT2D eigenvalue weighted by Crippen LogP contribution is 2.08. The van der Waals surface area contributed by atoms with Crippen LogP contribution in [0, 0.1) is 0 Å². The van der Waals surface area contributed by atoms with Crippen molar-refractivity contribution in [3.8, 4) is 0 Å². The second kappa shape index (κ2) is 13.6. The van der Waals surface area contributed by atoms with E-state index >= 15 is 0 Å². The van der Waals surface area contributed by atoms with E-state index in [9.17, 15) is 14.4 Å². The lowest BCUT2D eigenvalue weighted by atomic mass is 10.1. The molecule has 6 heteroatoms. The molecule has 26 heavy (non-hydrogen) atoms. The molecule has 0 aliphatic carbocycles. The Morgan fingerprint density at radius 3 is 1.88 bits per heavy atom. The van der Waals surface area contributed by atoms with E-state index < -0.39 is 11.9 Å². The number of hydrogen-bond donors (Lipinski definition) is 2. The number of carboxylic acid groups (broad SMARTS) is 2. The average Bonchev–Trinajstić information content (AvgIpc) is 2.62. The molecule has 0 spiro atoms. The van der Waals surface area contributed by atoms with Crippen molar-refractivity contribution < 1.29 is 29.3 Å². The molecule has 2 N–H and O–H groups in total. The van der Waals surface area contributed by atoms with E-state index in [1.807, 2.05) is 13.0 Å². The van der Waals surface area contributed by atoms with Crippen molar-refractivity contribution in [2.45, 2.75) is 52.9 Å². The standard InChI is InChI=1S/C12H22O2.C8H6O4/c1-4-6-8-9-11(3)12(13)14-10-7-5-2;9-7(10)5-3-1-2-4-6(5)8(11)12/h9H,4-8,10H2,1-3H3;1-4H,(H,9,10)(H,11,12). The number of ether oxygens (including phenoxy) is 1. The molecule has 0 unspecified atom stereocenters. The summed E-state index contributed by atoms with van der Waals surface area (Å²) in [7, 11) is 0. The van der Waals surface area contributed by atoms with Gasteiger partial charge in [-0.15, -0.1) is 0 Å². The first kappa shape index (κ1) is 23.4. The van der Waals surface area contributed by atoms with Crippen LogP contribution in [0.2, 0.25) is 0 Å². The molecular weight excluding hydrogens is 336 g/mol. The quantitative estimate of drug-likeness (QED) is 0.379. The van der Waals surface area contributed by atoms with Crippen LogP contribution in [-0.2, 0) is 9.53 Å². The number of carbonyl (C=O) groups excluding carboxylic acids is 1. The lowest BCUT2D eigenvalue weighted by Crippen LogP contribution is -2.06. The molecule has 0 atom stereocenters. The number of aromatic carboxylic acids is 2. The Balaban J connectivity index is 0.000000485. The summed E-state index contributed by atoms with van der Waals surface area (Å²) in [5.41, 5.74) is 0.365. The van der Waals surface area contributed by atoms with E-state index in [4.69, 9.17) is 14.9 Å². The summed E-state index contributed by atoms with van der Waals surface area (Å²) < 4.78 is 5.07. The minimum absolute atomic E-state index is 0.158. The molecule has 0 aliphatic heterocycles. The molecule has 0 aliphatic rings. The molecule has 1 aromatic carbocycles. The zero-order valence-corrected chi connectivity index (χ0v) is 15.7. The highest BCUT2D eigenvalue weighted by molar-refractivity contribution is 6.01. The zero-order chi connectivity index (χ0) is 19.9. The zero-order valence-electron chi connectivity index (χ0n) is 15.7. The predicted molar refractivity (Wildman–Crippen MR) is 99.5 cm³/mol. The molecule has 0 fully saturated rings. The summed E-state index contributed by atoms with van der Waals surface area (Å²) in [5.74, 6) is -2.62. The van der Waals surface area contributed by atoms with Crippen LogP contribution in [0.25, 0.3) is 0 Å². The van der Waals surface area contributed by atoms with Gasteiger partial charge >= 0.3 is 17.9 Å². The first-order chi connectivity index (χ1) is 12.3. The Hall–Kier alpha value is -2.63. The van der Waals surface area contributed by atoms with Crippen molar-refractivity contribution in [3.63, 3.8) is 0 Å². The van der Waals surface area contributed by atoms with Crippen LogP contribution in [0.5, 0.6) is 0 Å². The average molecular weight is 364 g/mol. The first-order valence-electron chi connectivity index (χ1n) is 8.74. The highest BCUT2D eigenvalue weighted by Gasteiger charge is 2.13. The van der Waals surface area contributed by atoms with Gasteiger partial charge in [-0.3, -0.25) is 0 Å². The van der Waals surface area contributed by atoms with Crippen molar-refractivity contribution in [1.82, 2.24) is 0 Å². The summed E-state index contributed by atoms with van der Waals surface area (Å²) in [6.45, 7) is 6.60. The minimum atomic E-state index is -1.23. The second-order valence-corrected chi connectivity index (χ2v) is 5.67. The van der Waals surface area contributed by atoms with E-state index in [0.29, 0.717) is 6.61 Å². The maximum Gasteiger partial charge on any atom is 0.336 e. The van der Waals surface area contributed by atoms with Crippen molar-refractivity contribution in [2.24, 2.45) is 0 Å².